The number of nitriles is 1. The molecule has 5 rings (SSSR count). The lowest BCUT2D eigenvalue weighted by molar-refractivity contribution is 0.0284. The van der Waals surface area contributed by atoms with E-state index in [0.717, 1.165) is 28.7 Å². The van der Waals surface area contributed by atoms with Crippen molar-refractivity contribution in [3.05, 3.63) is 105 Å². The Balaban J connectivity index is 1.26. The second-order valence-electron chi connectivity index (χ2n) is 12.8. The Morgan fingerprint density at radius 1 is 1.00 bits per heavy atom. The van der Waals surface area contributed by atoms with Crippen molar-refractivity contribution in [1.82, 2.24) is 9.88 Å². The van der Waals surface area contributed by atoms with E-state index in [2.05, 4.69) is 4.98 Å². The number of pyridine rings is 1. The van der Waals surface area contributed by atoms with E-state index in [1.807, 2.05) is 70.2 Å². The normalized spacial score (nSPS) is 14.2. The number of likely N-dealkylation sites (tertiary alicyclic amines) is 1. The topological polar surface area (TPSA) is 111 Å². The number of ether oxygens (including phenoxy) is 4. The minimum absolute atomic E-state index is 0.0975. The number of amides is 1. The number of hydrogen-bond acceptors (Lipinski definition) is 8. The average molecular weight is 703 g/mol. The Morgan fingerprint density at radius 2 is 1.76 bits per heavy atom. The maximum Gasteiger partial charge on any atom is 0.410 e. The van der Waals surface area contributed by atoms with Crippen LogP contribution in [0.2, 0.25) is 10.0 Å². The minimum Gasteiger partial charge on any atom is -0.492 e. The Bertz CT molecular complexity index is 1880. The minimum atomic E-state index is -0.540. The molecule has 4 aromatic rings. The summed E-state index contributed by atoms with van der Waals surface area (Å²) in [6.07, 6.45) is 4.23. The second kappa shape index (κ2) is 15.6. The molecule has 1 aromatic heterocycles. The summed E-state index contributed by atoms with van der Waals surface area (Å²) in [5, 5.41) is 9.91. The van der Waals surface area contributed by atoms with Crippen molar-refractivity contribution in [3.63, 3.8) is 0 Å². The van der Waals surface area contributed by atoms with Gasteiger partial charge in [-0.2, -0.15) is 5.26 Å². The smallest absolute Gasteiger partial charge is 0.410 e. The van der Waals surface area contributed by atoms with Crippen molar-refractivity contribution in [3.8, 4) is 34.4 Å². The van der Waals surface area contributed by atoms with Crippen LogP contribution in [0, 0.1) is 24.2 Å². The number of nitrogens with zero attached hydrogens (tertiary/aromatic N) is 3. The molecule has 2 heterocycles. The van der Waals surface area contributed by atoms with E-state index in [4.69, 9.17) is 47.4 Å². The van der Waals surface area contributed by atoms with Crippen LogP contribution >= 0.6 is 23.2 Å². The zero-order valence-electron chi connectivity index (χ0n) is 27.8. The number of carbonyl (C=O) groups is 2. The third kappa shape index (κ3) is 9.02. The quantitative estimate of drug-likeness (QED) is 0.143. The first kappa shape index (κ1) is 35.5. The molecule has 3 aromatic carbocycles. The van der Waals surface area contributed by atoms with Crippen LogP contribution in [0.5, 0.6) is 17.2 Å². The number of halogens is 2. The van der Waals surface area contributed by atoms with Crippen LogP contribution in [0.15, 0.2) is 67.0 Å². The fraction of sp³-hybridized carbons (Fsp3) is 0.316. The predicted molar refractivity (Wildman–Crippen MR) is 187 cm³/mol. The van der Waals surface area contributed by atoms with Crippen LogP contribution in [0.4, 0.5) is 4.79 Å². The molecule has 0 N–H and O–H groups in total. The van der Waals surface area contributed by atoms with E-state index in [-0.39, 0.29) is 35.8 Å². The highest BCUT2D eigenvalue weighted by Crippen LogP contribution is 2.39. The van der Waals surface area contributed by atoms with E-state index in [1.54, 1.807) is 23.2 Å². The molecule has 49 heavy (non-hydrogen) atoms. The van der Waals surface area contributed by atoms with Gasteiger partial charge in [0.25, 0.3) is 0 Å². The first-order valence-corrected chi connectivity index (χ1v) is 16.6. The molecule has 0 radical (unpaired) electrons. The predicted octanol–water partition coefficient (Wildman–Crippen LogP) is 8.84. The fourth-order valence-corrected chi connectivity index (χ4v) is 5.96. The summed E-state index contributed by atoms with van der Waals surface area (Å²) >= 11 is 13.4. The van der Waals surface area contributed by atoms with Crippen molar-refractivity contribution in [2.24, 2.45) is 5.92 Å². The summed E-state index contributed by atoms with van der Waals surface area (Å²) in [6, 6.07) is 18.4. The molecule has 0 bridgehead atoms. The maximum absolute atomic E-state index is 12.5. The molecule has 1 fully saturated rings. The van der Waals surface area contributed by atoms with Crippen LogP contribution in [-0.4, -0.2) is 47.6 Å². The van der Waals surface area contributed by atoms with Crippen molar-refractivity contribution in [2.75, 3.05) is 19.7 Å². The zero-order chi connectivity index (χ0) is 35.1. The lowest BCUT2D eigenvalue weighted by atomic mass is 9.96. The number of aldehydes is 1. The molecule has 254 valence electrons. The molecular weight excluding hydrogens is 665 g/mol. The number of hydrogen-bond donors (Lipinski definition) is 0. The van der Waals surface area contributed by atoms with Gasteiger partial charge in [-0.15, -0.1) is 0 Å². The van der Waals surface area contributed by atoms with Gasteiger partial charge in [-0.05, 0) is 69.0 Å². The van der Waals surface area contributed by atoms with Crippen LogP contribution < -0.4 is 14.2 Å². The van der Waals surface area contributed by atoms with Gasteiger partial charge in [0.2, 0.25) is 0 Å². The summed E-state index contributed by atoms with van der Waals surface area (Å²) in [5.74, 6) is 1.38. The van der Waals surface area contributed by atoms with Gasteiger partial charge >= 0.3 is 6.09 Å². The molecule has 9 nitrogen and oxygen atoms in total. The third-order valence-corrected chi connectivity index (χ3v) is 8.69. The highest BCUT2D eigenvalue weighted by atomic mass is 35.5. The molecule has 1 unspecified atom stereocenters. The lowest BCUT2D eigenvalue weighted by Gasteiger charge is -2.24. The molecule has 1 saturated heterocycles. The Labute approximate surface area is 296 Å². The van der Waals surface area contributed by atoms with Crippen molar-refractivity contribution < 1.29 is 28.5 Å². The average Bonchev–Trinajstić information content (AvgIpc) is 3.56. The van der Waals surface area contributed by atoms with Gasteiger partial charge in [-0.25, -0.2) is 4.79 Å². The van der Waals surface area contributed by atoms with Gasteiger partial charge in [-0.3, -0.25) is 9.78 Å². The van der Waals surface area contributed by atoms with E-state index in [0.29, 0.717) is 59.4 Å². The largest absolute Gasteiger partial charge is 0.492 e. The molecule has 1 aliphatic heterocycles. The highest BCUT2D eigenvalue weighted by Gasteiger charge is 2.30. The second-order valence-corrected chi connectivity index (χ2v) is 13.6. The van der Waals surface area contributed by atoms with Gasteiger partial charge in [0.05, 0.1) is 27.8 Å². The van der Waals surface area contributed by atoms with Crippen LogP contribution in [0.25, 0.3) is 11.1 Å². The van der Waals surface area contributed by atoms with Crippen molar-refractivity contribution >= 4 is 35.6 Å². The molecular formula is C38H37Cl2N3O6. The number of benzene rings is 3. The number of rotatable bonds is 11. The SMILES string of the molecule is Cc1c(COc2cc(OCc3cncc(C#N)c3)c(C=O)cc2Cl)cccc1-c1cccc(OCC2CCN(C(=O)OC(C)(C)C)C2)c1Cl. The Hall–Kier alpha value is -4.78. The van der Waals surface area contributed by atoms with Gasteiger partial charge in [0, 0.05) is 48.6 Å². The van der Waals surface area contributed by atoms with Gasteiger partial charge in [-0.1, -0.05) is 53.5 Å². The highest BCUT2D eigenvalue weighted by molar-refractivity contribution is 6.35. The summed E-state index contributed by atoms with van der Waals surface area (Å²) in [4.78, 5) is 30.0. The summed E-state index contributed by atoms with van der Waals surface area (Å²) in [6.45, 7) is 9.48. The fourth-order valence-electron chi connectivity index (χ4n) is 5.45. The van der Waals surface area contributed by atoms with Crippen LogP contribution in [0.3, 0.4) is 0 Å². The first-order chi connectivity index (χ1) is 23.5. The monoisotopic (exact) mass is 701 g/mol. The summed E-state index contributed by atoms with van der Waals surface area (Å²) in [7, 11) is 0. The van der Waals surface area contributed by atoms with Crippen LogP contribution in [0.1, 0.15) is 59.8 Å². The number of aromatic nitrogens is 1. The van der Waals surface area contributed by atoms with Gasteiger partial charge in [0.1, 0.15) is 42.1 Å². The van der Waals surface area contributed by atoms with E-state index in [9.17, 15) is 9.59 Å². The van der Waals surface area contributed by atoms with E-state index < -0.39 is 5.60 Å². The third-order valence-electron chi connectivity index (χ3n) is 8.00. The number of carbonyl (C=O) groups excluding carboxylic acids is 2. The van der Waals surface area contributed by atoms with E-state index >= 15 is 0 Å². The van der Waals surface area contributed by atoms with Gasteiger partial charge in [0.15, 0.2) is 6.29 Å². The summed E-state index contributed by atoms with van der Waals surface area (Å²) < 4.78 is 23.7. The summed E-state index contributed by atoms with van der Waals surface area (Å²) in [5.41, 5.74) is 4.43. The molecule has 1 aliphatic rings. The molecule has 0 spiro atoms. The molecule has 11 heteroatoms. The molecule has 0 aliphatic carbocycles. The Kier molecular flexibility index (Phi) is 11.3. The van der Waals surface area contributed by atoms with E-state index in [1.165, 1.54) is 12.3 Å². The zero-order valence-corrected chi connectivity index (χ0v) is 29.3. The van der Waals surface area contributed by atoms with Crippen molar-refractivity contribution in [2.45, 2.75) is 52.9 Å². The molecule has 1 amide bonds. The molecule has 1 atom stereocenters. The van der Waals surface area contributed by atoms with Crippen molar-refractivity contribution in [1.29, 1.82) is 5.26 Å². The Morgan fingerprint density at radius 3 is 2.51 bits per heavy atom. The van der Waals surface area contributed by atoms with Gasteiger partial charge < -0.3 is 23.8 Å². The van der Waals surface area contributed by atoms with Crippen LogP contribution in [-0.2, 0) is 18.0 Å². The first-order valence-electron chi connectivity index (χ1n) is 15.8. The lowest BCUT2D eigenvalue weighted by Crippen LogP contribution is -2.35. The standard InChI is InChI=1S/C38H37Cl2N3O6/c1-24-28(23-48-35-15-34(29(20-44)14-32(35)39)47-22-27-13-26(16-41)17-42-18-27)7-5-8-30(24)31-9-6-10-33(36(31)40)46-21-25-11-12-43(19-25)37(45)49-38(2,3)4/h5-10,13-15,17-18,20,25H,11-12,19,21-23H2,1-4H3. The molecule has 0 saturated carbocycles. The maximum atomic E-state index is 12.5.